The number of esters is 3. The highest BCUT2D eigenvalue weighted by molar-refractivity contribution is 8.13. The maximum atomic E-state index is 11.6. The van der Waals surface area contributed by atoms with Gasteiger partial charge in [-0.15, -0.1) is 0 Å². The molecule has 1 aliphatic rings. The minimum Gasteiger partial charge on any atom is -0.463 e. The van der Waals surface area contributed by atoms with Gasteiger partial charge in [-0.1, -0.05) is 0 Å². The van der Waals surface area contributed by atoms with E-state index in [1.165, 1.54) is 13.8 Å². The van der Waals surface area contributed by atoms with E-state index in [0.29, 0.717) is 11.8 Å². The highest BCUT2D eigenvalue weighted by Crippen LogP contribution is 2.32. The fourth-order valence-electron chi connectivity index (χ4n) is 2.51. The lowest BCUT2D eigenvalue weighted by molar-refractivity contribution is -0.211. The number of hydrogen-bond acceptors (Lipinski definition) is 10. The molecule has 1 rings (SSSR count). The van der Waals surface area contributed by atoms with E-state index in [4.69, 9.17) is 24.7 Å². The number of nitrogens with one attached hydrogen (secondary N) is 1. The van der Waals surface area contributed by atoms with Gasteiger partial charge in [-0.25, -0.2) is 0 Å². The summed E-state index contributed by atoms with van der Waals surface area (Å²) in [4.78, 5) is 57.2. The fourth-order valence-corrected chi connectivity index (χ4v) is 3.30. The third kappa shape index (κ3) is 7.43. The molecule has 0 aromatic rings. The summed E-state index contributed by atoms with van der Waals surface area (Å²) in [5.41, 5.74) is 4.12. The van der Waals surface area contributed by atoms with E-state index >= 15 is 0 Å². The first-order valence-electron chi connectivity index (χ1n) is 7.87. The van der Waals surface area contributed by atoms with Crippen LogP contribution < -0.4 is 11.1 Å². The molecule has 1 saturated heterocycles. The van der Waals surface area contributed by atoms with Gasteiger partial charge in [0.2, 0.25) is 5.91 Å². The average molecular weight is 406 g/mol. The monoisotopic (exact) mass is 406 g/mol. The normalized spacial score (nSPS) is 27.2. The Balaban J connectivity index is 3.29. The zero-order valence-electron chi connectivity index (χ0n) is 15.3. The molecule has 2 unspecified atom stereocenters. The summed E-state index contributed by atoms with van der Waals surface area (Å²) in [5.74, 6) is -2.55. The summed E-state index contributed by atoms with van der Waals surface area (Å²) in [5, 5.41) is 1.70. The second-order valence-corrected chi connectivity index (χ2v) is 6.76. The minimum atomic E-state index is -1.21. The molecule has 0 bridgehead atoms. The zero-order chi connectivity index (χ0) is 20.7. The Labute approximate surface area is 159 Å². The molecule has 27 heavy (non-hydrogen) atoms. The highest BCUT2D eigenvalue weighted by Gasteiger charge is 2.51. The van der Waals surface area contributed by atoms with E-state index in [2.05, 4.69) is 5.32 Å². The van der Waals surface area contributed by atoms with Crippen LogP contribution in [0.4, 0.5) is 4.79 Å². The number of hydrogen-bond donors (Lipinski definition) is 2. The third-order valence-electron chi connectivity index (χ3n) is 3.30. The van der Waals surface area contributed by atoms with E-state index in [0.717, 1.165) is 13.8 Å². The van der Waals surface area contributed by atoms with Crippen LogP contribution in [0.5, 0.6) is 0 Å². The first-order chi connectivity index (χ1) is 12.5. The average Bonchev–Trinajstić information content (AvgIpc) is 2.49. The van der Waals surface area contributed by atoms with Crippen LogP contribution in [-0.4, -0.2) is 65.5 Å². The summed E-state index contributed by atoms with van der Waals surface area (Å²) in [7, 11) is 0. The molecular weight excluding hydrogens is 384 g/mol. The van der Waals surface area contributed by atoms with Gasteiger partial charge in [0, 0.05) is 27.7 Å². The Bertz CT molecular complexity index is 612. The van der Waals surface area contributed by atoms with Crippen molar-refractivity contribution < 1.29 is 42.9 Å². The molecule has 0 spiro atoms. The van der Waals surface area contributed by atoms with Gasteiger partial charge in [-0.05, 0) is 11.8 Å². The van der Waals surface area contributed by atoms with E-state index in [1.807, 2.05) is 0 Å². The van der Waals surface area contributed by atoms with Gasteiger partial charge in [-0.3, -0.25) is 24.0 Å². The fraction of sp³-hybridized carbons (Fsp3) is 0.667. The maximum absolute atomic E-state index is 11.6. The number of primary amides is 1. The molecule has 152 valence electrons. The van der Waals surface area contributed by atoms with Crippen molar-refractivity contribution in [3.63, 3.8) is 0 Å². The standard InChI is InChI=1S/C15H22N2O9S/c1-6(18)17-11-13(25-9(4)21)12(24-8(3)20)10(5-23-7(2)19)26-14(11)27-15(16)22/h10-14H,5H2,1-4H3,(H2,16,22)(H,17,18)/t10?,11?,12-,13-,14+/m1/s1. The molecule has 12 heteroatoms. The Hall–Kier alpha value is -2.34. The van der Waals surface area contributed by atoms with Crippen LogP contribution in [0, 0.1) is 0 Å². The number of rotatable bonds is 6. The van der Waals surface area contributed by atoms with E-state index in [1.54, 1.807) is 0 Å². The summed E-state index contributed by atoms with van der Waals surface area (Å²) < 4.78 is 21.1. The lowest BCUT2D eigenvalue weighted by atomic mass is 9.97. The summed E-state index contributed by atoms with van der Waals surface area (Å²) in [6.45, 7) is 4.30. The Kier molecular flexibility index (Phi) is 8.50. The van der Waals surface area contributed by atoms with E-state index in [-0.39, 0.29) is 6.61 Å². The van der Waals surface area contributed by atoms with Gasteiger partial charge in [-0.2, -0.15) is 0 Å². The molecule has 0 aliphatic carbocycles. The number of carbonyl (C=O) groups is 5. The van der Waals surface area contributed by atoms with Crippen LogP contribution in [0.25, 0.3) is 0 Å². The van der Waals surface area contributed by atoms with Crippen molar-refractivity contribution in [2.24, 2.45) is 5.73 Å². The number of nitrogens with two attached hydrogens (primary N) is 1. The van der Waals surface area contributed by atoms with Gasteiger partial charge in [0.15, 0.2) is 12.2 Å². The lowest BCUT2D eigenvalue weighted by Gasteiger charge is -2.44. The van der Waals surface area contributed by atoms with Crippen LogP contribution in [0.2, 0.25) is 0 Å². The first kappa shape index (κ1) is 22.7. The van der Waals surface area contributed by atoms with Crippen molar-refractivity contribution in [2.75, 3.05) is 6.61 Å². The van der Waals surface area contributed by atoms with E-state index < -0.39 is 58.8 Å². The molecule has 2 amide bonds. The molecule has 1 fully saturated rings. The van der Waals surface area contributed by atoms with Crippen LogP contribution in [-0.2, 0) is 38.1 Å². The predicted octanol–water partition coefficient (Wildman–Crippen LogP) is -0.546. The number of thioether (sulfide) groups is 1. The molecule has 0 aromatic heterocycles. The molecule has 0 radical (unpaired) electrons. The Morgan fingerprint density at radius 3 is 1.96 bits per heavy atom. The van der Waals surface area contributed by atoms with Crippen molar-refractivity contribution in [1.82, 2.24) is 5.32 Å². The molecule has 0 aromatic carbocycles. The van der Waals surface area contributed by atoms with Crippen LogP contribution in [0.15, 0.2) is 0 Å². The molecule has 11 nitrogen and oxygen atoms in total. The van der Waals surface area contributed by atoms with E-state index in [9.17, 15) is 24.0 Å². The van der Waals surface area contributed by atoms with Crippen molar-refractivity contribution in [3.05, 3.63) is 0 Å². The lowest BCUT2D eigenvalue weighted by Crippen LogP contribution is -2.65. The topological polar surface area (TPSA) is 160 Å². The first-order valence-corrected chi connectivity index (χ1v) is 8.75. The molecule has 1 aliphatic heterocycles. The minimum absolute atomic E-state index is 0.340. The molecular formula is C15H22N2O9S. The summed E-state index contributed by atoms with van der Waals surface area (Å²) in [6, 6.07) is -1.05. The maximum Gasteiger partial charge on any atom is 0.303 e. The zero-order valence-corrected chi connectivity index (χ0v) is 16.1. The Morgan fingerprint density at radius 1 is 0.963 bits per heavy atom. The molecule has 3 N–H and O–H groups in total. The highest BCUT2D eigenvalue weighted by atomic mass is 32.2. The quantitative estimate of drug-likeness (QED) is 0.433. The second kappa shape index (κ2) is 10.1. The largest absolute Gasteiger partial charge is 0.463 e. The number of amides is 2. The van der Waals surface area contributed by atoms with Gasteiger partial charge in [0.05, 0.1) is 0 Å². The number of carbonyl (C=O) groups excluding carboxylic acids is 5. The van der Waals surface area contributed by atoms with Crippen LogP contribution in [0.1, 0.15) is 27.7 Å². The van der Waals surface area contributed by atoms with Gasteiger partial charge >= 0.3 is 17.9 Å². The van der Waals surface area contributed by atoms with Gasteiger partial charge < -0.3 is 30.0 Å². The smallest absolute Gasteiger partial charge is 0.303 e. The molecule has 5 atom stereocenters. The predicted molar refractivity (Wildman–Crippen MR) is 91.2 cm³/mol. The SMILES string of the molecule is CC(=O)NC1[C@@H](OC(C)=O)[C@H](OC(C)=O)C(COC(C)=O)O[C@H]1SC(N)=O. The second-order valence-electron chi connectivity index (χ2n) is 5.66. The van der Waals surface area contributed by atoms with Crippen LogP contribution in [0.3, 0.4) is 0 Å². The van der Waals surface area contributed by atoms with Crippen molar-refractivity contribution in [2.45, 2.75) is 57.5 Å². The van der Waals surface area contributed by atoms with Crippen molar-refractivity contribution >= 4 is 40.8 Å². The molecule has 1 heterocycles. The van der Waals surface area contributed by atoms with Gasteiger partial charge in [0.1, 0.15) is 24.2 Å². The third-order valence-corrected chi connectivity index (χ3v) is 4.17. The Morgan fingerprint density at radius 2 is 1.52 bits per heavy atom. The molecule has 0 saturated carbocycles. The van der Waals surface area contributed by atoms with Crippen LogP contribution >= 0.6 is 11.8 Å². The van der Waals surface area contributed by atoms with Crippen molar-refractivity contribution in [1.29, 1.82) is 0 Å². The summed E-state index contributed by atoms with van der Waals surface area (Å²) >= 11 is 0.545. The van der Waals surface area contributed by atoms with Crippen molar-refractivity contribution in [3.8, 4) is 0 Å². The number of ether oxygens (including phenoxy) is 4. The summed E-state index contributed by atoms with van der Waals surface area (Å²) in [6.07, 6.45) is -3.47. The van der Waals surface area contributed by atoms with Gasteiger partial charge in [0.25, 0.3) is 5.24 Å².